The Hall–Kier alpha value is -3.42. The molecule has 0 aliphatic carbocycles. The molecule has 3 heterocycles. The van der Waals surface area contributed by atoms with Crippen LogP contribution >= 0.6 is 0 Å². The zero-order chi connectivity index (χ0) is 23.8. The Labute approximate surface area is 198 Å². The third kappa shape index (κ3) is 3.71. The van der Waals surface area contributed by atoms with E-state index in [9.17, 15) is 9.90 Å². The molecule has 5 rings (SSSR count). The Bertz CT molecular complexity index is 1340. The Kier molecular flexibility index (Phi) is 5.98. The number of aromatic hydroxyl groups is 1. The van der Waals surface area contributed by atoms with Gasteiger partial charge in [0.1, 0.15) is 54.9 Å². The molecule has 7 nitrogen and oxygen atoms in total. The molecule has 34 heavy (non-hydrogen) atoms. The van der Waals surface area contributed by atoms with Gasteiger partial charge in [0.2, 0.25) is 0 Å². The number of quaternary nitrogens is 2. The molecule has 7 heteroatoms. The van der Waals surface area contributed by atoms with E-state index < -0.39 is 5.97 Å². The number of hydrogen-bond donors (Lipinski definition) is 3. The van der Waals surface area contributed by atoms with Crippen molar-refractivity contribution in [2.75, 3.05) is 39.8 Å². The number of phenolic OH excluding ortho intramolecular Hbond substituents is 1. The number of esters is 1. The van der Waals surface area contributed by atoms with Crippen molar-refractivity contribution in [3.63, 3.8) is 0 Å². The fraction of sp³-hybridized carbons (Fsp3) is 0.333. The van der Waals surface area contributed by atoms with Gasteiger partial charge in [-0.2, -0.15) is 0 Å². The van der Waals surface area contributed by atoms with Crippen LogP contribution in [0, 0.1) is 6.92 Å². The van der Waals surface area contributed by atoms with Crippen LogP contribution in [-0.2, 0) is 4.74 Å². The van der Waals surface area contributed by atoms with Crippen LogP contribution in [0.5, 0.6) is 5.75 Å². The van der Waals surface area contributed by atoms with Gasteiger partial charge >= 0.3 is 5.97 Å². The number of nitrogens with one attached hydrogen (secondary N) is 2. The summed E-state index contributed by atoms with van der Waals surface area (Å²) in [5.74, 6) is 0.243. The minimum Gasteiger partial charge on any atom is -0.507 e. The van der Waals surface area contributed by atoms with E-state index in [4.69, 9.17) is 9.15 Å². The number of carbonyl (C=O) groups excluding carboxylic acids is 1. The number of fused-ring (bicyclic) bond motifs is 3. The Morgan fingerprint density at radius 2 is 1.88 bits per heavy atom. The molecule has 0 amide bonds. The smallest absolute Gasteiger partial charge is 0.342 e. The number of rotatable bonds is 5. The number of benzene rings is 2. The highest BCUT2D eigenvalue weighted by molar-refractivity contribution is 6.16. The molecule has 2 aromatic heterocycles. The van der Waals surface area contributed by atoms with E-state index in [0.717, 1.165) is 37.1 Å². The van der Waals surface area contributed by atoms with Gasteiger partial charge in [0.25, 0.3) is 0 Å². The lowest BCUT2D eigenvalue weighted by atomic mass is 9.89. The third-order valence-corrected chi connectivity index (χ3v) is 6.98. The highest BCUT2D eigenvalue weighted by Gasteiger charge is 2.38. The molecule has 176 valence electrons. The van der Waals surface area contributed by atoms with Crippen molar-refractivity contribution in [3.8, 4) is 5.75 Å². The lowest BCUT2D eigenvalue weighted by Gasteiger charge is -2.34. The number of furan rings is 1. The first-order valence-electron chi connectivity index (χ1n) is 11.9. The molecular weight excluding hydrogens is 430 g/mol. The van der Waals surface area contributed by atoms with E-state index >= 15 is 0 Å². The summed E-state index contributed by atoms with van der Waals surface area (Å²) in [4.78, 5) is 20.3. The van der Waals surface area contributed by atoms with E-state index in [1.165, 1.54) is 9.80 Å². The predicted molar refractivity (Wildman–Crippen MR) is 129 cm³/mol. The summed E-state index contributed by atoms with van der Waals surface area (Å²) in [7, 11) is 2.21. The zero-order valence-electron chi connectivity index (χ0n) is 19.9. The quantitative estimate of drug-likeness (QED) is 0.394. The Morgan fingerprint density at radius 1 is 1.15 bits per heavy atom. The van der Waals surface area contributed by atoms with Crippen LogP contribution in [0.25, 0.3) is 21.7 Å². The molecule has 1 fully saturated rings. The standard InChI is InChI=1S/C27H29N3O4/c1-4-33-27(32)21-17(2)34-26-20-10-6-5-9-19(20)25(31)23(22(21)26)24(18-8-7-11-28-16-18)30-14-12-29(3)13-15-30/h5-11,16,24,31H,4,12-15H2,1-3H3/p+2/t24-/m0/s1. The fourth-order valence-electron chi connectivity index (χ4n) is 5.31. The molecular formula is C27H31N3O4+2. The van der Waals surface area contributed by atoms with Crippen molar-refractivity contribution in [2.24, 2.45) is 0 Å². The molecule has 2 aromatic carbocycles. The summed E-state index contributed by atoms with van der Waals surface area (Å²) in [5.41, 5.74) is 2.70. The van der Waals surface area contributed by atoms with E-state index in [-0.39, 0.29) is 18.4 Å². The van der Waals surface area contributed by atoms with E-state index in [1.807, 2.05) is 42.6 Å². The maximum Gasteiger partial charge on any atom is 0.342 e. The van der Waals surface area contributed by atoms with Crippen LogP contribution in [0.2, 0.25) is 0 Å². The predicted octanol–water partition coefficient (Wildman–Crippen LogP) is 1.67. The number of phenols is 1. The van der Waals surface area contributed by atoms with Gasteiger partial charge in [0, 0.05) is 34.1 Å². The van der Waals surface area contributed by atoms with Crippen molar-refractivity contribution in [2.45, 2.75) is 19.9 Å². The number of carbonyl (C=O) groups is 1. The lowest BCUT2D eigenvalue weighted by molar-refractivity contribution is -1.02. The summed E-state index contributed by atoms with van der Waals surface area (Å²) in [6, 6.07) is 11.4. The summed E-state index contributed by atoms with van der Waals surface area (Å²) < 4.78 is 11.6. The van der Waals surface area contributed by atoms with Crippen LogP contribution in [0.1, 0.15) is 40.2 Å². The number of hydrogen-bond acceptors (Lipinski definition) is 5. The van der Waals surface area contributed by atoms with Crippen LogP contribution in [0.4, 0.5) is 0 Å². The first-order valence-corrected chi connectivity index (χ1v) is 11.9. The highest BCUT2D eigenvalue weighted by atomic mass is 16.5. The van der Waals surface area contributed by atoms with E-state index in [2.05, 4.69) is 12.0 Å². The minimum atomic E-state index is -0.433. The van der Waals surface area contributed by atoms with Gasteiger partial charge in [-0.25, -0.2) is 4.79 Å². The average Bonchev–Trinajstić information content (AvgIpc) is 3.20. The molecule has 4 aromatic rings. The molecule has 1 saturated heterocycles. The zero-order valence-corrected chi connectivity index (χ0v) is 19.9. The first kappa shape index (κ1) is 22.4. The summed E-state index contributed by atoms with van der Waals surface area (Å²) in [5, 5.41) is 13.9. The highest BCUT2D eigenvalue weighted by Crippen LogP contribution is 2.44. The SMILES string of the molecule is CCOC(=O)c1c(C)oc2c1c([C@H](c1cccnc1)[NH+]1CC[NH+](C)CC1)c(O)c1ccccc12. The Balaban J connectivity index is 1.87. The van der Waals surface area contributed by atoms with Crippen molar-refractivity contribution >= 4 is 27.7 Å². The molecule has 0 radical (unpaired) electrons. The number of nitrogens with zero attached hydrogens (tertiary/aromatic N) is 1. The molecule has 0 bridgehead atoms. The second-order valence-corrected chi connectivity index (χ2v) is 9.10. The van der Waals surface area contributed by atoms with Crippen LogP contribution < -0.4 is 9.80 Å². The van der Waals surface area contributed by atoms with Crippen LogP contribution in [0.15, 0.2) is 53.2 Å². The summed E-state index contributed by atoms with van der Waals surface area (Å²) in [6.07, 6.45) is 3.62. The first-order chi connectivity index (χ1) is 16.5. The number of ether oxygens (including phenoxy) is 1. The molecule has 0 unspecified atom stereocenters. The summed E-state index contributed by atoms with van der Waals surface area (Å²) >= 11 is 0. The maximum absolute atomic E-state index is 13.1. The molecule has 0 saturated carbocycles. The lowest BCUT2D eigenvalue weighted by Crippen LogP contribution is -3.27. The van der Waals surface area contributed by atoms with Crippen molar-refractivity contribution in [1.29, 1.82) is 0 Å². The van der Waals surface area contributed by atoms with Gasteiger partial charge < -0.3 is 24.1 Å². The van der Waals surface area contributed by atoms with Gasteiger partial charge in [-0.1, -0.05) is 24.3 Å². The molecule has 1 aliphatic rings. The minimum absolute atomic E-state index is 0.182. The van der Waals surface area contributed by atoms with E-state index in [1.54, 1.807) is 20.0 Å². The third-order valence-electron chi connectivity index (χ3n) is 6.98. The van der Waals surface area contributed by atoms with Crippen molar-refractivity contribution in [3.05, 3.63) is 71.2 Å². The number of piperazine rings is 1. The monoisotopic (exact) mass is 461 g/mol. The maximum atomic E-state index is 13.1. The van der Waals surface area contributed by atoms with Gasteiger partial charge in [-0.05, 0) is 26.0 Å². The molecule has 0 spiro atoms. The van der Waals surface area contributed by atoms with Gasteiger partial charge in [-0.15, -0.1) is 0 Å². The average molecular weight is 462 g/mol. The Morgan fingerprint density at radius 3 is 2.56 bits per heavy atom. The number of likely N-dealkylation sites (N-methyl/N-ethyl adjacent to an activating group) is 1. The largest absolute Gasteiger partial charge is 0.507 e. The molecule has 1 aliphatic heterocycles. The molecule has 3 N–H and O–H groups in total. The van der Waals surface area contributed by atoms with Crippen molar-refractivity contribution in [1.82, 2.24) is 4.98 Å². The van der Waals surface area contributed by atoms with Crippen LogP contribution in [-0.4, -0.2) is 55.9 Å². The van der Waals surface area contributed by atoms with E-state index in [0.29, 0.717) is 33.2 Å². The normalized spacial score (nSPS) is 19.4. The van der Waals surface area contributed by atoms with Gasteiger partial charge in [0.05, 0.1) is 19.2 Å². The fourth-order valence-corrected chi connectivity index (χ4v) is 5.31. The number of pyridine rings is 1. The molecule has 1 atom stereocenters. The summed E-state index contributed by atoms with van der Waals surface area (Å²) in [6.45, 7) is 7.76. The second kappa shape index (κ2) is 9.08. The van der Waals surface area contributed by atoms with Gasteiger partial charge in [-0.3, -0.25) is 4.98 Å². The number of aryl methyl sites for hydroxylation is 1. The topological polar surface area (TPSA) is 81.4 Å². The van der Waals surface area contributed by atoms with Crippen molar-refractivity contribution < 1.29 is 28.9 Å². The van der Waals surface area contributed by atoms with Crippen LogP contribution in [0.3, 0.4) is 0 Å². The second-order valence-electron chi connectivity index (χ2n) is 9.10. The van der Waals surface area contributed by atoms with Gasteiger partial charge in [0.15, 0.2) is 0 Å². The number of aromatic nitrogens is 1.